The lowest BCUT2D eigenvalue weighted by atomic mass is 10.1. The Kier molecular flexibility index (Phi) is 5.03. The molecule has 0 amide bonds. The Labute approximate surface area is 153 Å². The van der Waals surface area contributed by atoms with Gasteiger partial charge in [0.1, 0.15) is 5.75 Å². The van der Waals surface area contributed by atoms with Crippen molar-refractivity contribution in [3.05, 3.63) is 59.7 Å². The highest BCUT2D eigenvalue weighted by atomic mass is 19.4. The number of nitrogens with zero attached hydrogens (tertiary/aromatic N) is 1. The fraction of sp³-hybridized carbons (Fsp3) is 0.200. The average Bonchev–Trinajstić information content (AvgIpc) is 2.66. The number of ether oxygens (including phenoxy) is 2. The van der Waals surface area contributed by atoms with Crippen molar-refractivity contribution >= 4 is 16.9 Å². The molecule has 3 aromatic rings. The molecule has 1 aromatic heterocycles. The van der Waals surface area contributed by atoms with E-state index in [-0.39, 0.29) is 0 Å². The number of carbonyl (C=O) groups is 1. The van der Waals surface area contributed by atoms with E-state index in [4.69, 9.17) is 9.47 Å². The van der Waals surface area contributed by atoms with Gasteiger partial charge in [-0.2, -0.15) is 13.2 Å². The maximum Gasteiger partial charge on any atom is 0.416 e. The highest BCUT2D eigenvalue weighted by Crippen LogP contribution is 2.33. The first-order valence-corrected chi connectivity index (χ1v) is 8.17. The molecule has 0 saturated heterocycles. The Hall–Kier alpha value is -3.09. The SMILES string of the molecule is CCOc1cc(-c2ccc(C(F)(F)F)cc2)nc2cc(C(=O)OC)ccc12. The van der Waals surface area contributed by atoms with Crippen molar-refractivity contribution in [3.63, 3.8) is 0 Å². The minimum atomic E-state index is -4.40. The minimum Gasteiger partial charge on any atom is -0.493 e. The molecule has 0 atom stereocenters. The lowest BCUT2D eigenvalue weighted by Gasteiger charge is -2.12. The second-order valence-electron chi connectivity index (χ2n) is 5.74. The molecule has 0 saturated carbocycles. The van der Waals surface area contributed by atoms with Gasteiger partial charge in [0.25, 0.3) is 0 Å². The lowest BCUT2D eigenvalue weighted by Crippen LogP contribution is -2.04. The topological polar surface area (TPSA) is 48.4 Å². The van der Waals surface area contributed by atoms with Gasteiger partial charge in [-0.15, -0.1) is 0 Å². The Morgan fingerprint density at radius 2 is 1.78 bits per heavy atom. The van der Waals surface area contributed by atoms with Crippen molar-refractivity contribution in [2.24, 2.45) is 0 Å². The van der Waals surface area contributed by atoms with Crippen LogP contribution in [0.3, 0.4) is 0 Å². The number of methoxy groups -OCH3 is 1. The molecule has 0 fully saturated rings. The number of hydrogen-bond acceptors (Lipinski definition) is 4. The Bertz CT molecular complexity index is 982. The van der Waals surface area contributed by atoms with E-state index in [1.807, 2.05) is 6.92 Å². The summed E-state index contributed by atoms with van der Waals surface area (Å²) in [7, 11) is 1.28. The van der Waals surface area contributed by atoms with E-state index >= 15 is 0 Å². The van der Waals surface area contributed by atoms with Gasteiger partial charge in [0.05, 0.1) is 36.1 Å². The van der Waals surface area contributed by atoms with Crippen LogP contribution in [0.25, 0.3) is 22.2 Å². The van der Waals surface area contributed by atoms with E-state index in [1.54, 1.807) is 24.3 Å². The summed E-state index contributed by atoms with van der Waals surface area (Å²) >= 11 is 0. The molecule has 0 bridgehead atoms. The third-order valence-corrected chi connectivity index (χ3v) is 4.00. The number of benzene rings is 2. The summed E-state index contributed by atoms with van der Waals surface area (Å²) < 4.78 is 48.7. The van der Waals surface area contributed by atoms with E-state index in [1.165, 1.54) is 19.2 Å². The maximum atomic E-state index is 12.8. The van der Waals surface area contributed by atoms with Gasteiger partial charge in [-0.25, -0.2) is 9.78 Å². The summed E-state index contributed by atoms with van der Waals surface area (Å²) in [6, 6.07) is 11.3. The number of alkyl halides is 3. The third-order valence-electron chi connectivity index (χ3n) is 4.00. The summed E-state index contributed by atoms with van der Waals surface area (Å²) in [5.41, 5.74) is 1.03. The molecule has 1 heterocycles. The molecule has 0 radical (unpaired) electrons. The van der Waals surface area contributed by atoms with Crippen molar-refractivity contribution in [1.82, 2.24) is 4.98 Å². The minimum absolute atomic E-state index is 0.324. The number of aromatic nitrogens is 1. The van der Waals surface area contributed by atoms with Gasteiger partial charge >= 0.3 is 12.1 Å². The average molecular weight is 375 g/mol. The summed E-state index contributed by atoms with van der Waals surface area (Å²) in [5, 5.41) is 0.695. The lowest BCUT2D eigenvalue weighted by molar-refractivity contribution is -0.137. The molecule has 3 rings (SSSR count). The second kappa shape index (κ2) is 7.26. The van der Waals surface area contributed by atoms with Crippen LogP contribution in [0, 0.1) is 0 Å². The summed E-state index contributed by atoms with van der Waals surface area (Å²) in [4.78, 5) is 16.3. The number of rotatable bonds is 4. The number of fused-ring (bicyclic) bond motifs is 1. The van der Waals surface area contributed by atoms with E-state index < -0.39 is 17.7 Å². The zero-order chi connectivity index (χ0) is 19.6. The summed E-state index contributed by atoms with van der Waals surface area (Å²) in [6.45, 7) is 2.23. The van der Waals surface area contributed by atoms with Crippen LogP contribution in [0.2, 0.25) is 0 Å². The van der Waals surface area contributed by atoms with Gasteiger partial charge in [0.2, 0.25) is 0 Å². The van der Waals surface area contributed by atoms with Gasteiger partial charge in [-0.1, -0.05) is 12.1 Å². The van der Waals surface area contributed by atoms with Crippen LogP contribution in [0.15, 0.2) is 48.5 Å². The van der Waals surface area contributed by atoms with Crippen molar-refractivity contribution in [2.75, 3.05) is 13.7 Å². The van der Waals surface area contributed by atoms with Crippen LogP contribution < -0.4 is 4.74 Å². The molecule has 0 aliphatic rings. The zero-order valence-corrected chi connectivity index (χ0v) is 14.6. The number of hydrogen-bond donors (Lipinski definition) is 0. The van der Waals surface area contributed by atoms with Crippen LogP contribution in [0.5, 0.6) is 5.75 Å². The van der Waals surface area contributed by atoms with Crippen molar-refractivity contribution in [3.8, 4) is 17.0 Å². The van der Waals surface area contributed by atoms with Crippen LogP contribution in [0.4, 0.5) is 13.2 Å². The Balaban J connectivity index is 2.13. The summed E-state index contributed by atoms with van der Waals surface area (Å²) in [6.07, 6.45) is -4.40. The number of pyridine rings is 1. The monoisotopic (exact) mass is 375 g/mol. The van der Waals surface area contributed by atoms with Crippen LogP contribution in [-0.2, 0) is 10.9 Å². The van der Waals surface area contributed by atoms with Gasteiger partial charge in [0, 0.05) is 17.0 Å². The van der Waals surface area contributed by atoms with Gasteiger partial charge in [0.15, 0.2) is 0 Å². The molecule has 4 nitrogen and oxygen atoms in total. The first-order valence-electron chi connectivity index (χ1n) is 8.17. The van der Waals surface area contributed by atoms with Crippen molar-refractivity contribution < 1.29 is 27.4 Å². The Morgan fingerprint density at radius 3 is 2.37 bits per heavy atom. The largest absolute Gasteiger partial charge is 0.493 e. The molecule has 0 N–H and O–H groups in total. The van der Waals surface area contributed by atoms with E-state index in [2.05, 4.69) is 4.98 Å². The van der Waals surface area contributed by atoms with E-state index in [9.17, 15) is 18.0 Å². The third kappa shape index (κ3) is 3.86. The first kappa shape index (κ1) is 18.7. The fourth-order valence-corrected chi connectivity index (χ4v) is 2.69. The van der Waals surface area contributed by atoms with Crippen LogP contribution in [-0.4, -0.2) is 24.7 Å². The molecule has 7 heteroatoms. The molecule has 0 spiro atoms. The van der Waals surface area contributed by atoms with Gasteiger partial charge in [-0.3, -0.25) is 0 Å². The van der Waals surface area contributed by atoms with Crippen LogP contribution in [0.1, 0.15) is 22.8 Å². The van der Waals surface area contributed by atoms with E-state index in [0.717, 1.165) is 12.1 Å². The maximum absolute atomic E-state index is 12.8. The molecule has 0 aliphatic heterocycles. The Morgan fingerprint density at radius 1 is 1.07 bits per heavy atom. The van der Waals surface area contributed by atoms with Gasteiger partial charge < -0.3 is 9.47 Å². The predicted molar refractivity (Wildman–Crippen MR) is 94.7 cm³/mol. The quantitative estimate of drug-likeness (QED) is 0.595. The van der Waals surface area contributed by atoms with Crippen LogP contribution >= 0.6 is 0 Å². The number of halogens is 3. The fourth-order valence-electron chi connectivity index (χ4n) is 2.69. The molecular weight excluding hydrogens is 359 g/mol. The van der Waals surface area contributed by atoms with Crippen molar-refractivity contribution in [2.45, 2.75) is 13.1 Å². The predicted octanol–water partition coefficient (Wildman–Crippen LogP) is 5.11. The first-order chi connectivity index (χ1) is 12.8. The molecule has 2 aromatic carbocycles. The summed E-state index contributed by atoms with van der Waals surface area (Å²) in [5.74, 6) is 0.0328. The standard InChI is InChI=1S/C20H16F3NO3/c1-3-27-18-11-16(12-4-7-14(8-5-12)20(21,22)23)24-17-10-13(19(25)26-2)6-9-15(17)18/h4-11H,3H2,1-2H3. The highest BCUT2D eigenvalue weighted by Gasteiger charge is 2.30. The van der Waals surface area contributed by atoms with Crippen molar-refractivity contribution in [1.29, 1.82) is 0 Å². The normalized spacial score (nSPS) is 11.4. The molecule has 0 aliphatic carbocycles. The highest BCUT2D eigenvalue weighted by molar-refractivity contribution is 5.96. The second-order valence-corrected chi connectivity index (χ2v) is 5.74. The molecular formula is C20H16F3NO3. The van der Waals surface area contributed by atoms with Gasteiger partial charge in [-0.05, 0) is 37.3 Å². The number of esters is 1. The van der Waals surface area contributed by atoms with E-state index in [0.29, 0.717) is 40.1 Å². The molecule has 0 unspecified atom stereocenters. The number of carbonyl (C=O) groups excluding carboxylic acids is 1. The zero-order valence-electron chi connectivity index (χ0n) is 14.6. The molecule has 27 heavy (non-hydrogen) atoms. The smallest absolute Gasteiger partial charge is 0.416 e. The molecule has 140 valence electrons.